The Morgan fingerprint density at radius 3 is 1.82 bits per heavy atom. The van der Waals surface area contributed by atoms with Crippen LogP contribution in [0.1, 0.15) is 40.0 Å². The number of aliphatic hydroxyl groups excluding tert-OH is 1. The minimum Gasteiger partial charge on any atom is -0.396 e. The second-order valence-corrected chi connectivity index (χ2v) is 5.90. The van der Waals surface area contributed by atoms with Crippen LogP contribution in [0.3, 0.4) is 0 Å². The van der Waals surface area contributed by atoms with E-state index >= 15 is 0 Å². The van der Waals surface area contributed by atoms with E-state index in [-0.39, 0.29) is 6.61 Å². The second kappa shape index (κ2) is 8.85. The van der Waals surface area contributed by atoms with Crippen molar-refractivity contribution in [3.05, 3.63) is 0 Å². The summed E-state index contributed by atoms with van der Waals surface area (Å²) in [4.78, 5) is 0. The van der Waals surface area contributed by atoms with Crippen LogP contribution in [0.15, 0.2) is 0 Å². The molecule has 0 aliphatic heterocycles. The molecule has 5 nitrogen and oxygen atoms in total. The molecule has 0 amide bonds. The summed E-state index contributed by atoms with van der Waals surface area (Å²) in [5, 5.41) is 8.79. The number of hydrogen-bond donors (Lipinski definition) is 1. The van der Waals surface area contributed by atoms with Gasteiger partial charge in [-0.25, -0.2) is 0 Å². The smallest absolute Gasteiger partial charge is 0.281 e. The molecule has 0 aromatic heterocycles. The van der Waals surface area contributed by atoms with Crippen molar-refractivity contribution in [1.29, 1.82) is 0 Å². The zero-order valence-corrected chi connectivity index (χ0v) is 12.0. The molecular formula is C11H26N2O3S. The van der Waals surface area contributed by atoms with Crippen molar-refractivity contribution in [3.63, 3.8) is 0 Å². The van der Waals surface area contributed by atoms with Crippen molar-refractivity contribution < 1.29 is 13.5 Å². The van der Waals surface area contributed by atoms with E-state index in [1.807, 2.05) is 20.8 Å². The first-order valence-electron chi connectivity index (χ1n) is 6.40. The van der Waals surface area contributed by atoms with Crippen LogP contribution >= 0.6 is 0 Å². The molecule has 104 valence electrons. The third-order valence-electron chi connectivity index (χ3n) is 2.52. The summed E-state index contributed by atoms with van der Waals surface area (Å²) < 4.78 is 27.6. The second-order valence-electron chi connectivity index (χ2n) is 3.98. The topological polar surface area (TPSA) is 60.9 Å². The van der Waals surface area contributed by atoms with Crippen LogP contribution in [0.5, 0.6) is 0 Å². The molecule has 0 aromatic rings. The molecule has 6 heteroatoms. The number of hydrogen-bond acceptors (Lipinski definition) is 3. The van der Waals surface area contributed by atoms with Crippen LogP contribution in [0.4, 0.5) is 0 Å². The largest absolute Gasteiger partial charge is 0.396 e. The SMILES string of the molecule is CCCN(CCC)S(=O)(=O)N(CC)CCCO. The predicted molar refractivity (Wildman–Crippen MR) is 70.0 cm³/mol. The van der Waals surface area contributed by atoms with Crippen LogP contribution in [0.2, 0.25) is 0 Å². The molecule has 17 heavy (non-hydrogen) atoms. The molecule has 0 unspecified atom stereocenters. The van der Waals surface area contributed by atoms with Gasteiger partial charge < -0.3 is 5.11 Å². The van der Waals surface area contributed by atoms with E-state index < -0.39 is 10.2 Å². The lowest BCUT2D eigenvalue weighted by Crippen LogP contribution is -2.45. The summed E-state index contributed by atoms with van der Waals surface area (Å²) >= 11 is 0. The van der Waals surface area contributed by atoms with Gasteiger partial charge in [0.1, 0.15) is 0 Å². The van der Waals surface area contributed by atoms with E-state index in [4.69, 9.17) is 5.11 Å². The lowest BCUT2D eigenvalue weighted by atomic mass is 10.4. The van der Waals surface area contributed by atoms with E-state index in [1.54, 1.807) is 0 Å². The molecule has 0 rings (SSSR count). The third kappa shape index (κ3) is 5.33. The summed E-state index contributed by atoms with van der Waals surface area (Å²) in [6, 6.07) is 0. The minimum atomic E-state index is -3.35. The fourth-order valence-electron chi connectivity index (χ4n) is 1.69. The van der Waals surface area contributed by atoms with E-state index in [9.17, 15) is 8.42 Å². The molecule has 0 saturated carbocycles. The van der Waals surface area contributed by atoms with Gasteiger partial charge in [0.25, 0.3) is 10.2 Å². The molecule has 0 spiro atoms. The van der Waals surface area contributed by atoms with Gasteiger partial charge in [-0.1, -0.05) is 20.8 Å². The molecular weight excluding hydrogens is 240 g/mol. The molecule has 1 N–H and O–H groups in total. The quantitative estimate of drug-likeness (QED) is 0.643. The summed E-state index contributed by atoms with van der Waals surface area (Å²) in [6.45, 7) is 7.76. The van der Waals surface area contributed by atoms with Crippen molar-refractivity contribution >= 4 is 10.2 Å². The van der Waals surface area contributed by atoms with Crippen LogP contribution in [-0.2, 0) is 10.2 Å². The highest BCUT2D eigenvalue weighted by molar-refractivity contribution is 7.86. The molecule has 0 heterocycles. The lowest BCUT2D eigenvalue weighted by Gasteiger charge is -2.28. The summed E-state index contributed by atoms with van der Waals surface area (Å²) in [6.07, 6.45) is 2.12. The van der Waals surface area contributed by atoms with Crippen molar-refractivity contribution in [2.24, 2.45) is 0 Å². The van der Waals surface area contributed by atoms with Crippen molar-refractivity contribution in [3.8, 4) is 0 Å². The summed E-state index contributed by atoms with van der Waals surface area (Å²) in [5.41, 5.74) is 0. The molecule has 0 saturated heterocycles. The van der Waals surface area contributed by atoms with Gasteiger partial charge in [-0.3, -0.25) is 0 Å². The van der Waals surface area contributed by atoms with Crippen molar-refractivity contribution in [2.75, 3.05) is 32.8 Å². The maximum Gasteiger partial charge on any atom is 0.281 e. The fourth-order valence-corrected chi connectivity index (χ4v) is 3.53. The zero-order chi connectivity index (χ0) is 13.3. The maximum absolute atomic E-state index is 12.3. The molecule has 0 aliphatic rings. The monoisotopic (exact) mass is 266 g/mol. The first-order chi connectivity index (χ1) is 8.04. The van der Waals surface area contributed by atoms with Crippen LogP contribution in [-0.4, -0.2) is 54.9 Å². The van der Waals surface area contributed by atoms with Crippen LogP contribution in [0, 0.1) is 0 Å². The Labute approximate surface area is 106 Å². The Morgan fingerprint density at radius 1 is 0.941 bits per heavy atom. The highest BCUT2D eigenvalue weighted by Crippen LogP contribution is 2.10. The van der Waals surface area contributed by atoms with Gasteiger partial charge in [0, 0.05) is 32.8 Å². The average molecular weight is 266 g/mol. The van der Waals surface area contributed by atoms with Crippen molar-refractivity contribution in [2.45, 2.75) is 40.0 Å². The highest BCUT2D eigenvalue weighted by Gasteiger charge is 2.26. The first-order valence-corrected chi connectivity index (χ1v) is 7.80. The Balaban J connectivity index is 4.75. The number of aliphatic hydroxyl groups is 1. The minimum absolute atomic E-state index is 0.0214. The van der Waals surface area contributed by atoms with Crippen LogP contribution < -0.4 is 0 Å². The van der Waals surface area contributed by atoms with Gasteiger partial charge in [0.15, 0.2) is 0 Å². The lowest BCUT2D eigenvalue weighted by molar-refractivity contribution is 0.264. The molecule has 0 aromatic carbocycles. The third-order valence-corrected chi connectivity index (χ3v) is 4.63. The van der Waals surface area contributed by atoms with E-state index in [0.717, 1.165) is 12.8 Å². The van der Waals surface area contributed by atoms with E-state index in [1.165, 1.54) is 8.61 Å². The fraction of sp³-hybridized carbons (Fsp3) is 1.00. The first kappa shape index (κ1) is 16.8. The van der Waals surface area contributed by atoms with Crippen molar-refractivity contribution in [1.82, 2.24) is 8.61 Å². The molecule has 0 aliphatic carbocycles. The normalized spacial score (nSPS) is 12.6. The zero-order valence-electron chi connectivity index (χ0n) is 11.2. The van der Waals surface area contributed by atoms with E-state index in [0.29, 0.717) is 32.6 Å². The Kier molecular flexibility index (Phi) is 8.77. The standard InChI is InChI=1S/C11H26N2O3S/c1-4-8-13(9-5-2)17(15,16)12(6-3)10-7-11-14/h14H,4-11H2,1-3H3. The Morgan fingerprint density at radius 2 is 1.47 bits per heavy atom. The average Bonchev–Trinajstić information content (AvgIpc) is 2.29. The van der Waals surface area contributed by atoms with Gasteiger partial charge in [0.05, 0.1) is 0 Å². The molecule has 0 fully saturated rings. The number of rotatable bonds is 10. The maximum atomic E-state index is 12.3. The Hall–Kier alpha value is -0.170. The van der Waals surface area contributed by atoms with Gasteiger partial charge in [-0.05, 0) is 19.3 Å². The van der Waals surface area contributed by atoms with E-state index in [2.05, 4.69) is 0 Å². The summed E-state index contributed by atoms with van der Waals surface area (Å²) in [7, 11) is -3.35. The van der Waals surface area contributed by atoms with Gasteiger partial charge in [-0.2, -0.15) is 17.0 Å². The number of nitrogens with zero attached hydrogens (tertiary/aromatic N) is 2. The molecule has 0 atom stereocenters. The Bertz CT molecular complexity index is 274. The van der Waals surface area contributed by atoms with Crippen LogP contribution in [0.25, 0.3) is 0 Å². The van der Waals surface area contributed by atoms with Gasteiger partial charge in [-0.15, -0.1) is 0 Å². The predicted octanol–water partition coefficient (Wildman–Crippen LogP) is 1.06. The summed E-state index contributed by atoms with van der Waals surface area (Å²) in [5.74, 6) is 0. The van der Waals surface area contributed by atoms with Gasteiger partial charge >= 0.3 is 0 Å². The van der Waals surface area contributed by atoms with Gasteiger partial charge in [0.2, 0.25) is 0 Å². The molecule has 0 bridgehead atoms. The molecule has 0 radical (unpaired) electrons. The highest BCUT2D eigenvalue weighted by atomic mass is 32.2.